The average Bonchev–Trinajstić information content (AvgIpc) is 2.27. The van der Waals surface area contributed by atoms with Crippen molar-refractivity contribution in [2.75, 3.05) is 0 Å². The van der Waals surface area contributed by atoms with Crippen LogP contribution in [0.3, 0.4) is 0 Å². The Morgan fingerprint density at radius 1 is 1.17 bits per heavy atom. The zero-order valence-electron chi connectivity index (χ0n) is 8.47. The van der Waals surface area contributed by atoms with Gasteiger partial charge in [0, 0.05) is 11.5 Å². The van der Waals surface area contributed by atoms with E-state index in [-0.39, 0.29) is 10.9 Å². The molecule has 0 saturated heterocycles. The van der Waals surface area contributed by atoms with Gasteiger partial charge in [-0.25, -0.2) is 23.1 Å². The van der Waals surface area contributed by atoms with Crippen LogP contribution in [0.2, 0.25) is 5.15 Å². The second-order valence-corrected chi connectivity index (χ2v) is 3.78. The summed E-state index contributed by atoms with van der Waals surface area (Å²) in [6.07, 6.45) is -3.97. The molecule has 0 aliphatic carbocycles. The molecule has 0 radical (unpaired) electrons. The molecule has 0 unspecified atom stereocenters. The molecular weight excluding hydrogens is 279 g/mol. The van der Waals surface area contributed by atoms with E-state index in [0.29, 0.717) is 0 Å². The first-order valence-corrected chi connectivity index (χ1v) is 4.99. The molecule has 2 aromatic rings. The SMILES string of the molecule is Fc1ccc2c(Cl)nc(C(F)(F)C(F)F)nc2c1. The number of aromatic nitrogens is 2. The molecule has 0 aliphatic rings. The van der Waals surface area contributed by atoms with Crippen molar-refractivity contribution in [2.24, 2.45) is 0 Å². The lowest BCUT2D eigenvalue weighted by atomic mass is 10.2. The fourth-order valence-corrected chi connectivity index (χ4v) is 1.55. The molecule has 0 amide bonds. The first-order valence-electron chi connectivity index (χ1n) is 4.61. The van der Waals surface area contributed by atoms with Crippen LogP contribution in [0.1, 0.15) is 5.82 Å². The summed E-state index contributed by atoms with van der Waals surface area (Å²) in [6.45, 7) is 0. The first kappa shape index (κ1) is 12.9. The van der Waals surface area contributed by atoms with Crippen molar-refractivity contribution in [1.29, 1.82) is 0 Å². The summed E-state index contributed by atoms with van der Waals surface area (Å²) >= 11 is 5.57. The molecule has 0 fully saturated rings. The van der Waals surface area contributed by atoms with Crippen LogP contribution < -0.4 is 0 Å². The Balaban J connectivity index is 2.68. The number of nitrogens with zero attached hydrogens (tertiary/aromatic N) is 2. The van der Waals surface area contributed by atoms with Gasteiger partial charge in [-0.1, -0.05) is 11.6 Å². The average molecular weight is 283 g/mol. The fraction of sp³-hybridized carbons (Fsp3) is 0.200. The molecule has 1 heterocycles. The minimum absolute atomic E-state index is 0.104. The van der Waals surface area contributed by atoms with E-state index >= 15 is 0 Å². The summed E-state index contributed by atoms with van der Waals surface area (Å²) in [5.41, 5.74) is -0.259. The van der Waals surface area contributed by atoms with Gasteiger partial charge in [0.05, 0.1) is 5.52 Å². The van der Waals surface area contributed by atoms with E-state index in [4.69, 9.17) is 11.6 Å². The molecule has 0 N–H and O–H groups in total. The molecule has 0 spiro atoms. The molecule has 1 aromatic heterocycles. The Morgan fingerprint density at radius 2 is 1.83 bits per heavy atom. The van der Waals surface area contributed by atoms with Crippen LogP contribution in [0.25, 0.3) is 10.9 Å². The topological polar surface area (TPSA) is 25.8 Å². The maximum atomic E-state index is 13.1. The lowest BCUT2D eigenvalue weighted by molar-refractivity contribution is -0.140. The molecule has 1 aromatic carbocycles. The highest BCUT2D eigenvalue weighted by Gasteiger charge is 2.46. The summed E-state index contributed by atoms with van der Waals surface area (Å²) in [7, 11) is 0. The van der Waals surface area contributed by atoms with Crippen molar-refractivity contribution in [3.05, 3.63) is 35.0 Å². The summed E-state index contributed by atoms with van der Waals surface area (Å²) in [4.78, 5) is 6.35. The molecule has 2 nitrogen and oxygen atoms in total. The lowest BCUT2D eigenvalue weighted by Crippen LogP contribution is -2.26. The third-order valence-corrected chi connectivity index (χ3v) is 2.47. The van der Waals surface area contributed by atoms with Crippen LogP contribution in [0.4, 0.5) is 22.0 Å². The van der Waals surface area contributed by atoms with E-state index in [1.165, 1.54) is 6.07 Å². The van der Waals surface area contributed by atoms with Crippen LogP contribution in [0.15, 0.2) is 18.2 Å². The molecule has 96 valence electrons. The normalized spacial score (nSPS) is 12.4. The van der Waals surface area contributed by atoms with Gasteiger partial charge in [0.2, 0.25) is 5.82 Å². The van der Waals surface area contributed by atoms with Crippen LogP contribution in [0, 0.1) is 5.82 Å². The molecule has 18 heavy (non-hydrogen) atoms. The van der Waals surface area contributed by atoms with Crippen LogP contribution in [0.5, 0.6) is 0 Å². The van der Waals surface area contributed by atoms with E-state index in [0.717, 1.165) is 12.1 Å². The van der Waals surface area contributed by atoms with Crippen LogP contribution in [-0.2, 0) is 5.92 Å². The molecule has 0 atom stereocenters. The van der Waals surface area contributed by atoms with Gasteiger partial charge >= 0.3 is 12.3 Å². The van der Waals surface area contributed by atoms with Gasteiger partial charge in [-0.15, -0.1) is 0 Å². The van der Waals surface area contributed by atoms with Crippen LogP contribution >= 0.6 is 11.6 Å². The number of alkyl halides is 4. The van der Waals surface area contributed by atoms with E-state index in [9.17, 15) is 22.0 Å². The molecule has 0 aliphatic heterocycles. The van der Waals surface area contributed by atoms with Crippen molar-refractivity contribution in [3.63, 3.8) is 0 Å². The van der Waals surface area contributed by atoms with Crippen molar-refractivity contribution < 1.29 is 22.0 Å². The summed E-state index contributed by atoms with van der Waals surface area (Å²) in [5.74, 6) is -6.71. The van der Waals surface area contributed by atoms with E-state index in [1.807, 2.05) is 0 Å². The molecule has 0 bridgehead atoms. The zero-order chi connectivity index (χ0) is 13.5. The maximum Gasteiger partial charge on any atom is 0.365 e. The second kappa shape index (κ2) is 4.31. The quantitative estimate of drug-likeness (QED) is 0.619. The maximum absolute atomic E-state index is 13.1. The minimum atomic E-state index is -4.54. The van der Waals surface area contributed by atoms with Crippen molar-refractivity contribution in [3.8, 4) is 0 Å². The zero-order valence-corrected chi connectivity index (χ0v) is 9.23. The molecule has 8 heteroatoms. The van der Waals surface area contributed by atoms with Gasteiger partial charge in [-0.05, 0) is 12.1 Å². The standard InChI is InChI=1S/C10H4ClF5N2/c11-7-5-2-1-4(12)3-6(5)17-9(18-7)10(15,16)8(13)14/h1-3,8H. The summed E-state index contributed by atoms with van der Waals surface area (Å²) < 4.78 is 63.4. The van der Waals surface area contributed by atoms with Gasteiger partial charge < -0.3 is 0 Å². The number of rotatable bonds is 2. The second-order valence-electron chi connectivity index (χ2n) is 3.42. The van der Waals surface area contributed by atoms with E-state index in [1.54, 1.807) is 0 Å². The highest BCUT2D eigenvalue weighted by atomic mass is 35.5. The number of halogens is 6. The third kappa shape index (κ3) is 2.10. The fourth-order valence-electron chi connectivity index (χ4n) is 1.31. The van der Waals surface area contributed by atoms with Gasteiger partial charge in [-0.2, -0.15) is 8.78 Å². The Labute approximate surface area is 102 Å². The van der Waals surface area contributed by atoms with Gasteiger partial charge in [0.1, 0.15) is 11.0 Å². The van der Waals surface area contributed by atoms with Gasteiger partial charge in [-0.3, -0.25) is 0 Å². The summed E-state index contributed by atoms with van der Waals surface area (Å²) in [6, 6.07) is 3.02. The predicted molar refractivity (Wildman–Crippen MR) is 54.4 cm³/mol. The number of benzene rings is 1. The first-order chi connectivity index (χ1) is 8.32. The summed E-state index contributed by atoms with van der Waals surface area (Å²) in [5, 5.41) is -0.331. The minimum Gasteiger partial charge on any atom is -0.227 e. The monoisotopic (exact) mass is 282 g/mol. The highest BCUT2D eigenvalue weighted by Crippen LogP contribution is 2.34. The number of hydrogen-bond acceptors (Lipinski definition) is 2. The third-order valence-electron chi connectivity index (χ3n) is 2.18. The van der Waals surface area contributed by atoms with Crippen LogP contribution in [-0.4, -0.2) is 16.4 Å². The Bertz CT molecular complexity index is 602. The van der Waals surface area contributed by atoms with Gasteiger partial charge in [0.25, 0.3) is 0 Å². The molecule has 2 rings (SSSR count). The van der Waals surface area contributed by atoms with E-state index < -0.39 is 29.1 Å². The largest absolute Gasteiger partial charge is 0.365 e. The molecule has 0 saturated carbocycles. The Hall–Kier alpha value is -1.50. The predicted octanol–water partition coefficient (Wildman–Crippen LogP) is 3.78. The molecular formula is C10H4ClF5N2. The van der Waals surface area contributed by atoms with Crippen molar-refractivity contribution in [1.82, 2.24) is 9.97 Å². The van der Waals surface area contributed by atoms with Gasteiger partial charge in [0.15, 0.2) is 0 Å². The Kier molecular flexibility index (Phi) is 3.10. The van der Waals surface area contributed by atoms with E-state index in [2.05, 4.69) is 9.97 Å². The smallest absolute Gasteiger partial charge is 0.227 e. The van der Waals surface area contributed by atoms with Crippen molar-refractivity contribution in [2.45, 2.75) is 12.3 Å². The number of fused-ring (bicyclic) bond motifs is 1. The lowest BCUT2D eigenvalue weighted by Gasteiger charge is -2.14. The number of hydrogen-bond donors (Lipinski definition) is 0. The Morgan fingerprint density at radius 3 is 2.44 bits per heavy atom. The van der Waals surface area contributed by atoms with Crippen molar-refractivity contribution >= 4 is 22.5 Å². The highest BCUT2D eigenvalue weighted by molar-refractivity contribution is 6.34.